The lowest BCUT2D eigenvalue weighted by Gasteiger charge is -2.62. The summed E-state index contributed by atoms with van der Waals surface area (Å²) < 4.78 is 11.2. The Morgan fingerprint density at radius 3 is 3.00 bits per heavy atom. The van der Waals surface area contributed by atoms with Crippen LogP contribution in [0.25, 0.3) is 0 Å². The zero-order chi connectivity index (χ0) is 16.9. The van der Waals surface area contributed by atoms with Gasteiger partial charge in [-0.3, -0.25) is 0 Å². The Hall–Kier alpha value is -1.55. The summed E-state index contributed by atoms with van der Waals surface area (Å²) in [5, 5.41) is 9.77. The predicted octanol–water partition coefficient (Wildman–Crippen LogP) is 4.06. The number of rotatable bonds is 4. The molecule has 1 aromatic heterocycles. The van der Waals surface area contributed by atoms with E-state index in [1.165, 1.54) is 5.56 Å². The van der Waals surface area contributed by atoms with Crippen molar-refractivity contribution in [3.05, 3.63) is 35.8 Å². The first-order valence-corrected chi connectivity index (χ1v) is 9.04. The van der Waals surface area contributed by atoms with Crippen molar-refractivity contribution in [1.82, 2.24) is 0 Å². The van der Waals surface area contributed by atoms with Gasteiger partial charge in [0.2, 0.25) is 0 Å². The smallest absolute Gasteiger partial charge is 0.332 e. The molecule has 130 valence electrons. The van der Waals surface area contributed by atoms with E-state index < -0.39 is 5.97 Å². The molecule has 1 N–H and O–H groups in total. The van der Waals surface area contributed by atoms with Crippen molar-refractivity contribution in [3.63, 3.8) is 0 Å². The molecule has 0 amide bonds. The molecular weight excluding hydrogens is 304 g/mol. The molecule has 1 aromatic rings. The van der Waals surface area contributed by atoms with Gasteiger partial charge in [-0.05, 0) is 67.1 Å². The van der Waals surface area contributed by atoms with Crippen molar-refractivity contribution in [2.45, 2.75) is 52.1 Å². The van der Waals surface area contributed by atoms with Crippen LogP contribution in [0, 0.1) is 22.7 Å². The number of fused-ring (bicyclic) bond motifs is 1. The second-order valence-electron chi connectivity index (χ2n) is 8.26. The van der Waals surface area contributed by atoms with Crippen LogP contribution in [0.3, 0.4) is 0 Å². The van der Waals surface area contributed by atoms with Gasteiger partial charge in [0.05, 0.1) is 25.2 Å². The van der Waals surface area contributed by atoms with Gasteiger partial charge in [-0.25, -0.2) is 4.79 Å². The maximum Gasteiger partial charge on any atom is 0.332 e. The molecule has 2 aliphatic heterocycles. The van der Waals surface area contributed by atoms with E-state index in [2.05, 4.69) is 13.8 Å². The van der Waals surface area contributed by atoms with Crippen LogP contribution in [0.5, 0.6) is 0 Å². The average Bonchev–Trinajstić information content (AvgIpc) is 3.10. The molecule has 4 nitrogen and oxygen atoms in total. The third-order valence-electron chi connectivity index (χ3n) is 7.29. The highest BCUT2D eigenvalue weighted by molar-refractivity contribution is 5.89. The largest absolute Gasteiger partial charge is 0.478 e. The molecule has 3 heterocycles. The van der Waals surface area contributed by atoms with Gasteiger partial charge in [-0.1, -0.05) is 13.8 Å². The molecule has 4 aliphatic rings. The standard InChI is InChI=1S/C20H26O4/c1-13-3-7-20-12-24-15(9-16(20)18(21)22)10-17(20)19(13,2)6-4-14-5-8-23-11-14/h5,8-9,11,13,15,17H,3-4,6-7,10,12H2,1-2H3,(H,21,22)/t13-,15+,17-,19+,20-/m1/s1. The monoisotopic (exact) mass is 330 g/mol. The van der Waals surface area contributed by atoms with Crippen molar-refractivity contribution in [2.75, 3.05) is 6.61 Å². The van der Waals surface area contributed by atoms with Crippen molar-refractivity contribution in [2.24, 2.45) is 22.7 Å². The molecule has 2 fully saturated rings. The Morgan fingerprint density at radius 2 is 2.29 bits per heavy atom. The summed E-state index contributed by atoms with van der Waals surface area (Å²) in [6, 6.07) is 2.03. The third kappa shape index (κ3) is 2.19. The Balaban J connectivity index is 1.67. The zero-order valence-corrected chi connectivity index (χ0v) is 14.5. The summed E-state index contributed by atoms with van der Waals surface area (Å²) in [6.45, 7) is 5.30. The third-order valence-corrected chi connectivity index (χ3v) is 7.29. The van der Waals surface area contributed by atoms with Gasteiger partial charge >= 0.3 is 5.97 Å². The minimum absolute atomic E-state index is 0.0264. The summed E-state index contributed by atoms with van der Waals surface area (Å²) in [5.41, 5.74) is 1.69. The Morgan fingerprint density at radius 1 is 1.46 bits per heavy atom. The molecule has 1 saturated heterocycles. The molecule has 5 atom stereocenters. The Kier molecular flexibility index (Phi) is 3.64. The minimum atomic E-state index is -0.750. The summed E-state index contributed by atoms with van der Waals surface area (Å²) in [6.07, 6.45) is 10.4. The molecule has 0 aromatic carbocycles. The lowest BCUT2D eigenvalue weighted by Crippen LogP contribution is -2.59. The van der Waals surface area contributed by atoms with Gasteiger partial charge < -0.3 is 14.3 Å². The number of ether oxygens (including phenoxy) is 1. The van der Waals surface area contributed by atoms with Crippen LogP contribution in [0.1, 0.15) is 45.1 Å². The maximum atomic E-state index is 11.9. The number of aryl methyl sites for hydroxylation is 1. The molecule has 2 aliphatic carbocycles. The Labute approximate surface area is 142 Å². The number of hydrogen-bond acceptors (Lipinski definition) is 3. The van der Waals surface area contributed by atoms with Crippen LogP contribution < -0.4 is 0 Å². The fraction of sp³-hybridized carbons (Fsp3) is 0.650. The molecule has 2 bridgehead atoms. The first kappa shape index (κ1) is 15.9. The molecule has 1 saturated carbocycles. The molecule has 24 heavy (non-hydrogen) atoms. The lowest BCUT2D eigenvalue weighted by molar-refractivity contribution is -0.170. The van der Waals surface area contributed by atoms with Gasteiger partial charge in [0.25, 0.3) is 0 Å². The van der Waals surface area contributed by atoms with E-state index in [4.69, 9.17) is 9.15 Å². The first-order chi connectivity index (χ1) is 11.5. The summed E-state index contributed by atoms with van der Waals surface area (Å²) >= 11 is 0. The van der Waals surface area contributed by atoms with Crippen molar-refractivity contribution in [1.29, 1.82) is 0 Å². The maximum absolute atomic E-state index is 11.9. The topological polar surface area (TPSA) is 59.7 Å². The van der Waals surface area contributed by atoms with Gasteiger partial charge in [0, 0.05) is 11.0 Å². The van der Waals surface area contributed by atoms with Crippen LogP contribution in [0.2, 0.25) is 0 Å². The molecule has 0 unspecified atom stereocenters. The highest BCUT2D eigenvalue weighted by Gasteiger charge is 2.61. The van der Waals surface area contributed by atoms with E-state index in [1.54, 1.807) is 6.26 Å². The normalized spacial score (nSPS) is 40.9. The van der Waals surface area contributed by atoms with Gasteiger partial charge in [-0.2, -0.15) is 0 Å². The van der Waals surface area contributed by atoms with Crippen LogP contribution in [-0.2, 0) is 16.0 Å². The van der Waals surface area contributed by atoms with E-state index in [-0.39, 0.29) is 16.9 Å². The predicted molar refractivity (Wildman–Crippen MR) is 89.5 cm³/mol. The second-order valence-corrected chi connectivity index (χ2v) is 8.26. The van der Waals surface area contributed by atoms with E-state index in [1.807, 2.05) is 18.4 Å². The number of carboxylic acids is 1. The fourth-order valence-corrected chi connectivity index (χ4v) is 5.60. The molecular formula is C20H26O4. The number of hydrogen-bond donors (Lipinski definition) is 1. The van der Waals surface area contributed by atoms with Crippen molar-refractivity contribution < 1.29 is 19.1 Å². The van der Waals surface area contributed by atoms with Crippen LogP contribution in [0.15, 0.2) is 34.7 Å². The van der Waals surface area contributed by atoms with Crippen molar-refractivity contribution >= 4 is 5.97 Å². The summed E-state index contributed by atoms with van der Waals surface area (Å²) in [4.78, 5) is 11.9. The SMILES string of the molecule is C[C@@H]1CC[C@@]23CO[C@@H](C=C2C(=O)O)C[C@@H]3[C@@]1(C)CCc1ccoc1. The van der Waals surface area contributed by atoms with E-state index in [0.717, 1.165) is 32.1 Å². The van der Waals surface area contributed by atoms with Crippen LogP contribution in [0.4, 0.5) is 0 Å². The second kappa shape index (κ2) is 5.48. The van der Waals surface area contributed by atoms with Crippen molar-refractivity contribution in [3.8, 4) is 0 Å². The minimum Gasteiger partial charge on any atom is -0.478 e. The number of furan rings is 1. The molecule has 1 spiro atoms. The average molecular weight is 330 g/mol. The Bertz CT molecular complexity index is 661. The molecule has 5 rings (SSSR count). The highest BCUT2D eigenvalue weighted by Crippen LogP contribution is 2.64. The number of carboxylic acid groups (broad SMARTS) is 1. The fourth-order valence-electron chi connectivity index (χ4n) is 5.60. The van der Waals surface area contributed by atoms with Crippen LogP contribution in [-0.4, -0.2) is 23.8 Å². The van der Waals surface area contributed by atoms with Crippen LogP contribution >= 0.6 is 0 Å². The van der Waals surface area contributed by atoms with E-state index in [9.17, 15) is 9.90 Å². The van der Waals surface area contributed by atoms with E-state index >= 15 is 0 Å². The molecule has 4 heteroatoms. The van der Waals surface area contributed by atoms with E-state index in [0.29, 0.717) is 24.0 Å². The summed E-state index contributed by atoms with van der Waals surface area (Å²) in [5.74, 6) is 0.227. The van der Waals surface area contributed by atoms with Gasteiger partial charge in [0.1, 0.15) is 0 Å². The lowest BCUT2D eigenvalue weighted by atomic mass is 9.45. The zero-order valence-electron chi connectivity index (χ0n) is 14.5. The quantitative estimate of drug-likeness (QED) is 0.904. The van der Waals surface area contributed by atoms with Gasteiger partial charge in [0.15, 0.2) is 0 Å². The number of carbonyl (C=O) groups is 1. The number of aliphatic carboxylic acids is 1. The van der Waals surface area contributed by atoms with Gasteiger partial charge in [-0.15, -0.1) is 0 Å². The summed E-state index contributed by atoms with van der Waals surface area (Å²) in [7, 11) is 0. The first-order valence-electron chi connectivity index (χ1n) is 9.04. The highest BCUT2D eigenvalue weighted by atomic mass is 16.5. The molecule has 0 radical (unpaired) electrons.